The van der Waals surface area contributed by atoms with Crippen LogP contribution in [0.3, 0.4) is 0 Å². The summed E-state index contributed by atoms with van der Waals surface area (Å²) in [5.41, 5.74) is 0.381. The number of amides is 1. The van der Waals surface area contributed by atoms with E-state index in [9.17, 15) is 13.6 Å². The average molecular weight is 322 g/mol. The predicted octanol–water partition coefficient (Wildman–Crippen LogP) is 4.68. The summed E-state index contributed by atoms with van der Waals surface area (Å²) in [6, 6.07) is 10.1. The van der Waals surface area contributed by atoms with Gasteiger partial charge in [0.1, 0.15) is 11.6 Å². The molecule has 1 fully saturated rings. The van der Waals surface area contributed by atoms with Crippen molar-refractivity contribution in [3.8, 4) is 0 Å². The molecule has 5 heteroatoms. The van der Waals surface area contributed by atoms with Crippen LogP contribution in [0, 0.1) is 11.6 Å². The molecule has 0 unspecified atom stereocenters. The summed E-state index contributed by atoms with van der Waals surface area (Å²) < 4.78 is 26.6. The molecular formula is C17H14ClF2NO. The molecule has 1 amide bonds. The maximum absolute atomic E-state index is 13.5. The molecule has 0 bridgehead atoms. The lowest BCUT2D eigenvalue weighted by molar-refractivity contribution is -0.124. The summed E-state index contributed by atoms with van der Waals surface area (Å²) in [6.45, 7) is 0. The van der Waals surface area contributed by atoms with E-state index < -0.39 is 11.2 Å². The number of hydrogen-bond acceptors (Lipinski definition) is 1. The van der Waals surface area contributed by atoms with Crippen molar-refractivity contribution in [1.82, 2.24) is 0 Å². The van der Waals surface area contributed by atoms with Gasteiger partial charge in [0.15, 0.2) is 0 Å². The fourth-order valence-corrected chi connectivity index (χ4v) is 2.97. The monoisotopic (exact) mass is 321 g/mol. The summed E-state index contributed by atoms with van der Waals surface area (Å²) in [5.74, 6) is -1.11. The lowest BCUT2D eigenvalue weighted by Crippen LogP contribution is -2.46. The van der Waals surface area contributed by atoms with Crippen LogP contribution in [0.25, 0.3) is 0 Å². The zero-order valence-electron chi connectivity index (χ0n) is 11.7. The van der Waals surface area contributed by atoms with Crippen molar-refractivity contribution >= 4 is 23.2 Å². The number of anilines is 1. The first kappa shape index (κ1) is 15.0. The molecule has 3 rings (SSSR count). The Kier molecular flexibility index (Phi) is 3.87. The molecule has 0 atom stereocenters. The molecule has 0 radical (unpaired) electrons. The number of carbonyl (C=O) groups is 1. The van der Waals surface area contributed by atoms with Crippen LogP contribution in [0.15, 0.2) is 42.5 Å². The first-order valence-corrected chi connectivity index (χ1v) is 7.42. The molecule has 1 N–H and O–H groups in total. The minimum atomic E-state index is -0.719. The molecule has 1 aliphatic carbocycles. The summed E-state index contributed by atoms with van der Waals surface area (Å²) in [4.78, 5) is 12.7. The maximum atomic E-state index is 13.5. The lowest BCUT2D eigenvalue weighted by Gasteiger charge is -2.40. The van der Waals surface area contributed by atoms with Crippen LogP contribution in [-0.2, 0) is 10.2 Å². The Morgan fingerprint density at radius 2 is 1.91 bits per heavy atom. The van der Waals surface area contributed by atoms with Crippen LogP contribution in [0.2, 0.25) is 5.02 Å². The molecule has 2 aromatic rings. The SMILES string of the molecule is O=C(Nc1ccc(F)c(Cl)c1)C1(c2cccc(F)c2)CCC1. The highest BCUT2D eigenvalue weighted by molar-refractivity contribution is 6.31. The standard InChI is InChI=1S/C17H14ClF2NO/c18-14-10-13(5-6-15(14)20)21-16(22)17(7-2-8-17)11-3-1-4-12(19)9-11/h1,3-6,9-10H,2,7-8H2,(H,21,22). The van der Waals surface area contributed by atoms with Crippen LogP contribution in [-0.4, -0.2) is 5.91 Å². The van der Waals surface area contributed by atoms with E-state index in [1.165, 1.54) is 30.3 Å². The molecule has 0 saturated heterocycles. The van der Waals surface area contributed by atoms with Crippen molar-refractivity contribution in [3.63, 3.8) is 0 Å². The summed E-state index contributed by atoms with van der Waals surface area (Å²) >= 11 is 5.72. The molecule has 1 aliphatic rings. The summed E-state index contributed by atoms with van der Waals surface area (Å²) in [7, 11) is 0. The van der Waals surface area contributed by atoms with E-state index in [0.29, 0.717) is 24.1 Å². The molecular weight excluding hydrogens is 308 g/mol. The first-order chi connectivity index (χ1) is 10.5. The van der Waals surface area contributed by atoms with Crippen molar-refractivity contribution in [2.45, 2.75) is 24.7 Å². The fourth-order valence-electron chi connectivity index (χ4n) is 2.79. The van der Waals surface area contributed by atoms with Crippen molar-refractivity contribution in [1.29, 1.82) is 0 Å². The van der Waals surface area contributed by atoms with Gasteiger partial charge < -0.3 is 5.32 Å². The van der Waals surface area contributed by atoms with E-state index in [2.05, 4.69) is 5.32 Å². The van der Waals surface area contributed by atoms with E-state index in [0.717, 1.165) is 6.42 Å². The van der Waals surface area contributed by atoms with Gasteiger partial charge in [-0.05, 0) is 48.7 Å². The highest BCUT2D eigenvalue weighted by Crippen LogP contribution is 2.44. The third-order valence-electron chi connectivity index (χ3n) is 4.20. The molecule has 1 saturated carbocycles. The normalized spacial score (nSPS) is 16.0. The second-order valence-corrected chi connectivity index (χ2v) is 5.94. The van der Waals surface area contributed by atoms with Crippen molar-refractivity contribution in [2.24, 2.45) is 0 Å². The number of benzene rings is 2. The Morgan fingerprint density at radius 3 is 2.50 bits per heavy atom. The van der Waals surface area contributed by atoms with E-state index in [4.69, 9.17) is 11.6 Å². The topological polar surface area (TPSA) is 29.1 Å². The third-order valence-corrected chi connectivity index (χ3v) is 4.49. The van der Waals surface area contributed by atoms with Crippen molar-refractivity contribution < 1.29 is 13.6 Å². The highest BCUT2D eigenvalue weighted by atomic mass is 35.5. The Morgan fingerprint density at radius 1 is 1.14 bits per heavy atom. The molecule has 2 nitrogen and oxygen atoms in total. The van der Waals surface area contributed by atoms with Crippen LogP contribution in [0.5, 0.6) is 0 Å². The molecule has 22 heavy (non-hydrogen) atoms. The van der Waals surface area contributed by atoms with Gasteiger partial charge >= 0.3 is 0 Å². The van der Waals surface area contributed by atoms with Gasteiger partial charge in [-0.15, -0.1) is 0 Å². The summed E-state index contributed by atoms with van der Waals surface area (Å²) in [6.07, 6.45) is 2.24. The number of halogens is 3. The quantitative estimate of drug-likeness (QED) is 0.874. The Hall–Kier alpha value is -1.94. The van der Waals surface area contributed by atoms with Crippen LogP contribution < -0.4 is 5.32 Å². The predicted molar refractivity (Wildman–Crippen MR) is 82.0 cm³/mol. The molecule has 2 aromatic carbocycles. The van der Waals surface area contributed by atoms with Gasteiger partial charge in [0.2, 0.25) is 5.91 Å². The van der Waals surface area contributed by atoms with Crippen LogP contribution in [0.4, 0.5) is 14.5 Å². The van der Waals surface area contributed by atoms with E-state index in [1.54, 1.807) is 12.1 Å². The van der Waals surface area contributed by atoms with Gasteiger partial charge in [0.05, 0.1) is 10.4 Å². The minimum Gasteiger partial charge on any atom is -0.325 e. The van der Waals surface area contributed by atoms with Gasteiger partial charge in [0.25, 0.3) is 0 Å². The smallest absolute Gasteiger partial charge is 0.235 e. The Balaban J connectivity index is 1.87. The number of carbonyl (C=O) groups excluding carboxylic acids is 1. The van der Waals surface area contributed by atoms with Gasteiger partial charge in [-0.3, -0.25) is 4.79 Å². The first-order valence-electron chi connectivity index (χ1n) is 7.04. The average Bonchev–Trinajstić information content (AvgIpc) is 2.42. The Bertz CT molecular complexity index is 728. The van der Waals surface area contributed by atoms with Gasteiger partial charge in [-0.1, -0.05) is 30.2 Å². The molecule has 0 aliphatic heterocycles. The number of nitrogens with one attached hydrogen (secondary N) is 1. The number of rotatable bonds is 3. The maximum Gasteiger partial charge on any atom is 0.235 e. The van der Waals surface area contributed by atoms with Crippen LogP contribution in [0.1, 0.15) is 24.8 Å². The zero-order valence-corrected chi connectivity index (χ0v) is 12.5. The van der Waals surface area contributed by atoms with Crippen LogP contribution >= 0.6 is 11.6 Å². The van der Waals surface area contributed by atoms with Gasteiger partial charge in [-0.25, -0.2) is 8.78 Å². The second-order valence-electron chi connectivity index (χ2n) is 5.53. The highest BCUT2D eigenvalue weighted by Gasteiger charge is 2.45. The third kappa shape index (κ3) is 2.59. The van der Waals surface area contributed by atoms with E-state index >= 15 is 0 Å². The lowest BCUT2D eigenvalue weighted by atomic mass is 9.63. The van der Waals surface area contributed by atoms with Gasteiger partial charge in [-0.2, -0.15) is 0 Å². The molecule has 0 heterocycles. The van der Waals surface area contributed by atoms with Gasteiger partial charge in [0, 0.05) is 5.69 Å². The largest absolute Gasteiger partial charge is 0.325 e. The van der Waals surface area contributed by atoms with E-state index in [1.807, 2.05) is 0 Å². The summed E-state index contributed by atoms with van der Waals surface area (Å²) in [5, 5.41) is 2.71. The molecule has 114 valence electrons. The second kappa shape index (κ2) is 5.69. The minimum absolute atomic E-state index is 0.0498. The molecule has 0 spiro atoms. The Labute approximate surface area is 132 Å². The van der Waals surface area contributed by atoms with Crippen molar-refractivity contribution in [2.75, 3.05) is 5.32 Å². The number of hydrogen-bond donors (Lipinski definition) is 1. The molecule has 0 aromatic heterocycles. The zero-order chi connectivity index (χ0) is 15.7. The van der Waals surface area contributed by atoms with E-state index in [-0.39, 0.29) is 16.7 Å². The van der Waals surface area contributed by atoms with Crippen molar-refractivity contribution in [3.05, 3.63) is 64.7 Å². The fraction of sp³-hybridized carbons (Fsp3) is 0.235.